The molecule has 0 aromatic heterocycles. The van der Waals surface area contributed by atoms with Crippen LogP contribution in [0.4, 0.5) is 13.2 Å². The molecular weight excluding hydrogens is 205 g/mol. The van der Waals surface area contributed by atoms with Crippen LogP contribution in [0.15, 0.2) is 0 Å². The van der Waals surface area contributed by atoms with Crippen LogP contribution >= 0.6 is 0 Å². The van der Waals surface area contributed by atoms with Crippen LogP contribution in [0.1, 0.15) is 32.6 Å². The normalized spacial score (nSPS) is 26.6. The number of hydrogen-bond acceptors (Lipinski definition) is 2. The van der Waals surface area contributed by atoms with Gasteiger partial charge in [-0.1, -0.05) is 13.3 Å². The van der Waals surface area contributed by atoms with Crippen molar-refractivity contribution in [2.75, 3.05) is 13.1 Å². The highest BCUT2D eigenvalue weighted by Crippen LogP contribution is 2.30. The Bertz CT molecular complexity index is 194. The Morgan fingerprint density at radius 1 is 1.40 bits per heavy atom. The molecule has 0 aliphatic carbocycles. The van der Waals surface area contributed by atoms with E-state index < -0.39 is 12.2 Å². The van der Waals surface area contributed by atoms with Crippen molar-refractivity contribution >= 4 is 0 Å². The zero-order valence-electron chi connectivity index (χ0n) is 9.06. The average molecular weight is 224 g/mol. The average Bonchev–Trinajstić information content (AvgIpc) is 2.17. The van der Waals surface area contributed by atoms with Gasteiger partial charge in [0.25, 0.3) is 0 Å². The lowest BCUT2D eigenvalue weighted by Crippen LogP contribution is -2.55. The summed E-state index contributed by atoms with van der Waals surface area (Å²) < 4.78 is 38.1. The van der Waals surface area contributed by atoms with Crippen molar-refractivity contribution in [2.24, 2.45) is 5.73 Å². The van der Waals surface area contributed by atoms with E-state index in [-0.39, 0.29) is 12.6 Å². The van der Waals surface area contributed by atoms with Gasteiger partial charge < -0.3 is 5.73 Å². The Labute approximate surface area is 88.6 Å². The maximum atomic E-state index is 12.7. The van der Waals surface area contributed by atoms with Crippen molar-refractivity contribution < 1.29 is 13.2 Å². The van der Waals surface area contributed by atoms with Gasteiger partial charge in [0, 0.05) is 12.6 Å². The van der Waals surface area contributed by atoms with E-state index in [4.69, 9.17) is 5.73 Å². The van der Waals surface area contributed by atoms with E-state index in [9.17, 15) is 13.2 Å². The fourth-order valence-corrected chi connectivity index (χ4v) is 2.33. The minimum absolute atomic E-state index is 0.0499. The van der Waals surface area contributed by atoms with Crippen LogP contribution in [0.5, 0.6) is 0 Å². The number of hydrogen-bond donors (Lipinski definition) is 1. The maximum Gasteiger partial charge on any atom is 0.405 e. The van der Waals surface area contributed by atoms with Crippen molar-refractivity contribution in [3.05, 3.63) is 0 Å². The zero-order chi connectivity index (χ0) is 11.5. The molecule has 1 aliphatic heterocycles. The smallest absolute Gasteiger partial charge is 0.329 e. The van der Waals surface area contributed by atoms with Gasteiger partial charge in [-0.25, -0.2) is 0 Å². The molecule has 0 amide bonds. The molecule has 5 heteroatoms. The van der Waals surface area contributed by atoms with Gasteiger partial charge in [0.1, 0.15) is 6.04 Å². The lowest BCUT2D eigenvalue weighted by Gasteiger charge is -2.41. The fourth-order valence-electron chi connectivity index (χ4n) is 2.33. The van der Waals surface area contributed by atoms with Crippen molar-refractivity contribution in [1.82, 2.24) is 4.90 Å². The van der Waals surface area contributed by atoms with Crippen LogP contribution in [0, 0.1) is 0 Å². The Kier molecular flexibility index (Phi) is 4.40. The Morgan fingerprint density at radius 3 is 2.53 bits per heavy atom. The molecule has 1 saturated heterocycles. The molecule has 0 bridgehead atoms. The van der Waals surface area contributed by atoms with E-state index in [1.807, 2.05) is 6.92 Å². The van der Waals surface area contributed by atoms with Crippen molar-refractivity contribution in [3.8, 4) is 0 Å². The second-order valence-electron chi connectivity index (χ2n) is 4.09. The minimum Gasteiger partial charge on any atom is -0.329 e. The largest absolute Gasteiger partial charge is 0.405 e. The Morgan fingerprint density at radius 2 is 2.07 bits per heavy atom. The van der Waals surface area contributed by atoms with Gasteiger partial charge >= 0.3 is 6.18 Å². The summed E-state index contributed by atoms with van der Waals surface area (Å²) in [6.07, 6.45) is -0.678. The summed E-state index contributed by atoms with van der Waals surface area (Å²) in [5.41, 5.74) is 5.25. The van der Waals surface area contributed by atoms with E-state index in [1.54, 1.807) is 4.90 Å². The molecule has 0 aromatic carbocycles. The van der Waals surface area contributed by atoms with Gasteiger partial charge in [-0.3, -0.25) is 4.90 Å². The van der Waals surface area contributed by atoms with Gasteiger partial charge in [0.05, 0.1) is 0 Å². The third-order valence-corrected chi connectivity index (χ3v) is 3.15. The molecule has 0 saturated carbocycles. The summed E-state index contributed by atoms with van der Waals surface area (Å²) in [4.78, 5) is 1.55. The number of nitrogens with zero attached hydrogens (tertiary/aromatic N) is 1. The highest BCUT2D eigenvalue weighted by Gasteiger charge is 2.44. The van der Waals surface area contributed by atoms with Crippen LogP contribution in [0.25, 0.3) is 0 Å². The summed E-state index contributed by atoms with van der Waals surface area (Å²) in [7, 11) is 0. The van der Waals surface area contributed by atoms with E-state index >= 15 is 0 Å². The molecule has 15 heavy (non-hydrogen) atoms. The summed E-state index contributed by atoms with van der Waals surface area (Å²) >= 11 is 0. The van der Waals surface area contributed by atoms with Gasteiger partial charge in [-0.05, 0) is 25.8 Å². The maximum absolute atomic E-state index is 12.7. The van der Waals surface area contributed by atoms with Crippen LogP contribution in [0.3, 0.4) is 0 Å². The number of nitrogens with two attached hydrogens (primary N) is 1. The summed E-state index contributed by atoms with van der Waals surface area (Å²) in [6.45, 7) is 2.13. The zero-order valence-corrected chi connectivity index (χ0v) is 9.06. The molecule has 2 atom stereocenters. The van der Waals surface area contributed by atoms with Gasteiger partial charge in [0.15, 0.2) is 0 Å². The molecule has 1 heterocycles. The predicted octanol–water partition coefficient (Wildman–Crippen LogP) is 2.14. The highest BCUT2D eigenvalue weighted by molar-refractivity contribution is 4.86. The molecule has 1 fully saturated rings. The highest BCUT2D eigenvalue weighted by atomic mass is 19.4. The van der Waals surface area contributed by atoms with Crippen molar-refractivity contribution in [1.29, 1.82) is 0 Å². The topological polar surface area (TPSA) is 29.3 Å². The second kappa shape index (κ2) is 5.16. The number of piperidine rings is 1. The third kappa shape index (κ3) is 3.08. The van der Waals surface area contributed by atoms with Gasteiger partial charge in [-0.15, -0.1) is 0 Å². The second-order valence-corrected chi connectivity index (χ2v) is 4.09. The lowest BCUT2D eigenvalue weighted by atomic mass is 9.97. The Hall–Kier alpha value is -0.290. The lowest BCUT2D eigenvalue weighted by molar-refractivity contribution is -0.190. The molecule has 0 spiro atoms. The fraction of sp³-hybridized carbons (Fsp3) is 1.00. The summed E-state index contributed by atoms with van der Waals surface area (Å²) in [5.74, 6) is 0. The minimum atomic E-state index is -4.19. The molecule has 0 radical (unpaired) electrons. The first-order chi connectivity index (χ1) is 7.00. The SMILES string of the molecule is CCC1CCCCN1C(CN)C(F)(F)F. The van der Waals surface area contributed by atoms with Crippen molar-refractivity contribution in [3.63, 3.8) is 0 Å². The molecule has 2 nitrogen and oxygen atoms in total. The summed E-state index contributed by atoms with van der Waals surface area (Å²) in [5, 5.41) is 0. The standard InChI is InChI=1S/C10H19F3N2/c1-2-8-5-3-4-6-15(8)9(7-14)10(11,12)13/h8-9H,2-7,14H2,1H3. The van der Waals surface area contributed by atoms with Crippen LogP contribution in [0.2, 0.25) is 0 Å². The molecule has 2 unspecified atom stereocenters. The monoisotopic (exact) mass is 224 g/mol. The van der Waals surface area contributed by atoms with Crippen molar-refractivity contribution in [2.45, 2.75) is 50.9 Å². The third-order valence-electron chi connectivity index (χ3n) is 3.15. The first-order valence-corrected chi connectivity index (χ1v) is 5.53. The van der Waals surface area contributed by atoms with Crippen LogP contribution in [-0.4, -0.2) is 36.2 Å². The van der Waals surface area contributed by atoms with E-state index in [0.717, 1.165) is 25.7 Å². The Balaban J connectivity index is 2.72. The first-order valence-electron chi connectivity index (χ1n) is 5.53. The van der Waals surface area contributed by atoms with Gasteiger partial charge in [-0.2, -0.15) is 13.2 Å². The number of halogens is 3. The van der Waals surface area contributed by atoms with E-state index in [0.29, 0.717) is 6.54 Å². The van der Waals surface area contributed by atoms with E-state index in [2.05, 4.69) is 0 Å². The van der Waals surface area contributed by atoms with Gasteiger partial charge in [0.2, 0.25) is 0 Å². The van der Waals surface area contributed by atoms with E-state index in [1.165, 1.54) is 0 Å². The molecular formula is C10H19F3N2. The predicted molar refractivity (Wildman–Crippen MR) is 53.5 cm³/mol. The molecule has 1 rings (SSSR count). The number of alkyl halides is 3. The summed E-state index contributed by atoms with van der Waals surface area (Å²) in [6, 6.07) is -1.41. The molecule has 0 aromatic rings. The molecule has 2 N–H and O–H groups in total. The molecule has 1 aliphatic rings. The number of likely N-dealkylation sites (tertiary alicyclic amines) is 1. The first kappa shape index (κ1) is 12.8. The van der Waals surface area contributed by atoms with Crippen LogP contribution in [-0.2, 0) is 0 Å². The number of rotatable bonds is 3. The quantitative estimate of drug-likeness (QED) is 0.795. The molecule has 90 valence electrons. The van der Waals surface area contributed by atoms with Crippen LogP contribution < -0.4 is 5.73 Å².